The summed E-state index contributed by atoms with van der Waals surface area (Å²) < 4.78 is 7.41. The highest BCUT2D eigenvalue weighted by molar-refractivity contribution is 5.77. The van der Waals surface area contributed by atoms with Gasteiger partial charge in [-0.15, -0.1) is 0 Å². The van der Waals surface area contributed by atoms with Crippen molar-refractivity contribution in [3.63, 3.8) is 0 Å². The standard InChI is InChI=1S/C14H23N3O2/c1-10-6-11(2)17(15-10)8-13(18)16-7-12(3)19-9-14(16,4)5/h6,12H,7-9H2,1-5H3. The van der Waals surface area contributed by atoms with Crippen LogP contribution in [-0.2, 0) is 16.1 Å². The predicted molar refractivity (Wildman–Crippen MR) is 72.9 cm³/mol. The van der Waals surface area contributed by atoms with Crippen LogP contribution in [0.3, 0.4) is 0 Å². The normalized spacial score (nSPS) is 22.6. The largest absolute Gasteiger partial charge is 0.374 e. The number of carbonyl (C=O) groups is 1. The average molecular weight is 265 g/mol. The lowest BCUT2D eigenvalue weighted by molar-refractivity contribution is -0.153. The van der Waals surface area contributed by atoms with Gasteiger partial charge in [-0.3, -0.25) is 9.48 Å². The van der Waals surface area contributed by atoms with Crippen molar-refractivity contribution >= 4 is 5.91 Å². The van der Waals surface area contributed by atoms with Crippen molar-refractivity contribution in [2.45, 2.75) is 52.8 Å². The molecule has 0 N–H and O–H groups in total. The number of hydrogen-bond acceptors (Lipinski definition) is 3. The minimum atomic E-state index is -0.250. The Morgan fingerprint density at radius 1 is 1.53 bits per heavy atom. The topological polar surface area (TPSA) is 47.4 Å². The second kappa shape index (κ2) is 4.96. The number of morpholine rings is 1. The van der Waals surface area contributed by atoms with Gasteiger partial charge in [0.05, 0.1) is 23.9 Å². The third-order valence-corrected chi connectivity index (χ3v) is 3.58. The number of aromatic nitrogens is 2. The molecule has 1 fully saturated rings. The highest BCUT2D eigenvalue weighted by atomic mass is 16.5. The fourth-order valence-electron chi connectivity index (χ4n) is 2.47. The van der Waals surface area contributed by atoms with Gasteiger partial charge in [-0.05, 0) is 40.7 Å². The molecule has 0 saturated carbocycles. The zero-order valence-corrected chi connectivity index (χ0v) is 12.4. The molecule has 1 amide bonds. The smallest absolute Gasteiger partial charge is 0.244 e. The van der Waals surface area contributed by atoms with E-state index in [9.17, 15) is 4.79 Å². The van der Waals surface area contributed by atoms with E-state index in [1.807, 2.05) is 45.6 Å². The Morgan fingerprint density at radius 2 is 2.21 bits per heavy atom. The quantitative estimate of drug-likeness (QED) is 0.814. The minimum absolute atomic E-state index is 0.0948. The second-order valence-electron chi connectivity index (χ2n) is 6.02. The fourth-order valence-corrected chi connectivity index (χ4v) is 2.47. The van der Waals surface area contributed by atoms with E-state index < -0.39 is 0 Å². The molecule has 1 aliphatic rings. The Balaban J connectivity index is 2.12. The van der Waals surface area contributed by atoms with Crippen LogP contribution in [0, 0.1) is 13.8 Å². The van der Waals surface area contributed by atoms with Gasteiger partial charge in [0.15, 0.2) is 0 Å². The first-order valence-electron chi connectivity index (χ1n) is 6.73. The molecule has 2 rings (SSSR count). The summed E-state index contributed by atoms with van der Waals surface area (Å²) in [7, 11) is 0. The van der Waals surface area contributed by atoms with Gasteiger partial charge in [0, 0.05) is 12.2 Å². The van der Waals surface area contributed by atoms with E-state index in [0.717, 1.165) is 11.4 Å². The van der Waals surface area contributed by atoms with Gasteiger partial charge in [0.2, 0.25) is 5.91 Å². The van der Waals surface area contributed by atoms with Crippen LogP contribution in [0.4, 0.5) is 0 Å². The van der Waals surface area contributed by atoms with Crippen molar-refractivity contribution in [3.05, 3.63) is 17.5 Å². The monoisotopic (exact) mass is 265 g/mol. The molecule has 0 radical (unpaired) electrons. The van der Waals surface area contributed by atoms with Gasteiger partial charge in [0.25, 0.3) is 0 Å². The third kappa shape index (κ3) is 2.97. The van der Waals surface area contributed by atoms with E-state index in [-0.39, 0.29) is 17.6 Å². The average Bonchev–Trinajstić information content (AvgIpc) is 2.61. The molecule has 1 atom stereocenters. The van der Waals surface area contributed by atoms with Crippen molar-refractivity contribution in [1.82, 2.24) is 14.7 Å². The molecule has 1 unspecified atom stereocenters. The van der Waals surface area contributed by atoms with Gasteiger partial charge in [0.1, 0.15) is 6.54 Å². The van der Waals surface area contributed by atoms with E-state index >= 15 is 0 Å². The molecule has 2 heterocycles. The van der Waals surface area contributed by atoms with Crippen molar-refractivity contribution in [2.24, 2.45) is 0 Å². The van der Waals surface area contributed by atoms with E-state index in [1.54, 1.807) is 4.68 Å². The summed E-state index contributed by atoms with van der Waals surface area (Å²) in [6, 6.07) is 1.99. The summed E-state index contributed by atoms with van der Waals surface area (Å²) in [5.41, 5.74) is 1.71. The van der Waals surface area contributed by atoms with E-state index in [4.69, 9.17) is 4.74 Å². The Bertz CT molecular complexity index is 479. The second-order valence-corrected chi connectivity index (χ2v) is 6.02. The first-order chi connectivity index (χ1) is 8.79. The lowest BCUT2D eigenvalue weighted by atomic mass is 10.0. The van der Waals surface area contributed by atoms with Gasteiger partial charge < -0.3 is 9.64 Å². The number of hydrogen-bond donors (Lipinski definition) is 0. The van der Waals surface area contributed by atoms with Crippen LogP contribution >= 0.6 is 0 Å². The van der Waals surface area contributed by atoms with Gasteiger partial charge in [-0.2, -0.15) is 5.10 Å². The number of aryl methyl sites for hydroxylation is 2. The van der Waals surface area contributed by atoms with Gasteiger partial charge in [-0.25, -0.2) is 0 Å². The lowest BCUT2D eigenvalue weighted by Crippen LogP contribution is -2.58. The summed E-state index contributed by atoms with van der Waals surface area (Å²) in [5, 5.41) is 4.35. The Labute approximate surface area is 114 Å². The number of rotatable bonds is 2. The maximum absolute atomic E-state index is 12.5. The highest BCUT2D eigenvalue weighted by Crippen LogP contribution is 2.22. The fraction of sp³-hybridized carbons (Fsp3) is 0.714. The molecule has 1 aromatic heterocycles. The lowest BCUT2D eigenvalue weighted by Gasteiger charge is -2.44. The summed E-state index contributed by atoms with van der Waals surface area (Å²) in [6.45, 7) is 11.5. The third-order valence-electron chi connectivity index (χ3n) is 3.58. The van der Waals surface area contributed by atoms with Crippen molar-refractivity contribution < 1.29 is 9.53 Å². The molecule has 106 valence electrons. The SMILES string of the molecule is Cc1cc(C)n(CC(=O)N2CC(C)OCC2(C)C)n1. The van der Waals surface area contributed by atoms with Crippen LogP contribution in [-0.4, -0.2) is 45.4 Å². The highest BCUT2D eigenvalue weighted by Gasteiger charge is 2.36. The van der Waals surface area contributed by atoms with Crippen LogP contribution in [0.1, 0.15) is 32.2 Å². The van der Waals surface area contributed by atoms with Crippen LogP contribution in [0.15, 0.2) is 6.07 Å². The van der Waals surface area contributed by atoms with Crippen LogP contribution < -0.4 is 0 Å². The molecule has 0 spiro atoms. The number of carbonyl (C=O) groups excluding carboxylic acids is 1. The maximum atomic E-state index is 12.5. The molecule has 5 nitrogen and oxygen atoms in total. The summed E-state index contributed by atoms with van der Waals surface area (Å²) in [5.74, 6) is 0.103. The molecule has 0 bridgehead atoms. The van der Waals surface area contributed by atoms with Crippen molar-refractivity contribution in [1.29, 1.82) is 0 Å². The number of nitrogens with zero attached hydrogens (tertiary/aromatic N) is 3. The zero-order chi connectivity index (χ0) is 14.2. The predicted octanol–water partition coefficient (Wildman–Crippen LogP) is 1.53. The van der Waals surface area contributed by atoms with Crippen LogP contribution in [0.5, 0.6) is 0 Å². The molecule has 19 heavy (non-hydrogen) atoms. The first kappa shape index (κ1) is 14.1. The Morgan fingerprint density at radius 3 is 2.79 bits per heavy atom. The first-order valence-corrected chi connectivity index (χ1v) is 6.73. The molecular formula is C14H23N3O2. The van der Waals surface area contributed by atoms with Gasteiger partial charge in [-0.1, -0.05) is 0 Å². The van der Waals surface area contributed by atoms with Crippen LogP contribution in [0.2, 0.25) is 0 Å². The number of ether oxygens (including phenoxy) is 1. The molecule has 5 heteroatoms. The Hall–Kier alpha value is -1.36. The van der Waals surface area contributed by atoms with Crippen LogP contribution in [0.25, 0.3) is 0 Å². The minimum Gasteiger partial charge on any atom is -0.374 e. The summed E-state index contributed by atoms with van der Waals surface area (Å²) >= 11 is 0. The summed E-state index contributed by atoms with van der Waals surface area (Å²) in [4.78, 5) is 14.4. The van der Waals surface area contributed by atoms with Crippen molar-refractivity contribution in [2.75, 3.05) is 13.2 Å². The van der Waals surface area contributed by atoms with E-state index in [2.05, 4.69) is 5.10 Å². The summed E-state index contributed by atoms with van der Waals surface area (Å²) in [6.07, 6.45) is 0.0948. The van der Waals surface area contributed by atoms with Gasteiger partial charge >= 0.3 is 0 Å². The molecule has 0 aliphatic carbocycles. The molecular weight excluding hydrogens is 242 g/mol. The molecule has 1 aromatic rings. The number of amides is 1. The molecule has 1 saturated heterocycles. The van der Waals surface area contributed by atoms with E-state index in [0.29, 0.717) is 19.7 Å². The van der Waals surface area contributed by atoms with E-state index in [1.165, 1.54) is 0 Å². The zero-order valence-electron chi connectivity index (χ0n) is 12.4. The van der Waals surface area contributed by atoms with Crippen molar-refractivity contribution in [3.8, 4) is 0 Å². The Kier molecular flexibility index (Phi) is 3.67. The molecule has 0 aromatic carbocycles. The maximum Gasteiger partial charge on any atom is 0.244 e. The molecule has 1 aliphatic heterocycles.